The van der Waals surface area contributed by atoms with Gasteiger partial charge >= 0.3 is 12.4 Å². The van der Waals surface area contributed by atoms with Gasteiger partial charge in [0, 0.05) is 18.1 Å². The van der Waals surface area contributed by atoms with Crippen LogP contribution in [0, 0.1) is 6.92 Å². The van der Waals surface area contributed by atoms with E-state index < -0.39 is 23.7 Å². The third kappa shape index (κ3) is 4.56. The van der Waals surface area contributed by atoms with Crippen molar-refractivity contribution >= 4 is 11.6 Å². The third-order valence-electron chi connectivity index (χ3n) is 3.66. The minimum Gasteiger partial charge on any atom is -0.324 e. The Balaban J connectivity index is 1.95. The lowest BCUT2D eigenvalue weighted by molar-refractivity contribution is -0.141. The van der Waals surface area contributed by atoms with Crippen molar-refractivity contribution in [3.63, 3.8) is 0 Å². The molecule has 28 heavy (non-hydrogen) atoms. The van der Waals surface area contributed by atoms with Crippen LogP contribution in [0.2, 0.25) is 0 Å². The summed E-state index contributed by atoms with van der Waals surface area (Å²) in [5.74, 6) is -0.280. The Morgan fingerprint density at radius 2 is 1.43 bits per heavy atom. The summed E-state index contributed by atoms with van der Waals surface area (Å²) in [6.45, 7) is 1.70. The number of nitrogens with zero attached hydrogens (tertiary/aromatic N) is 3. The van der Waals surface area contributed by atoms with Crippen molar-refractivity contribution in [2.45, 2.75) is 19.3 Å². The van der Waals surface area contributed by atoms with Crippen molar-refractivity contribution in [2.24, 2.45) is 0 Å². The van der Waals surface area contributed by atoms with Crippen LogP contribution in [0.25, 0.3) is 11.1 Å². The van der Waals surface area contributed by atoms with Crippen molar-refractivity contribution < 1.29 is 26.3 Å². The summed E-state index contributed by atoms with van der Waals surface area (Å²) < 4.78 is 77.0. The molecule has 0 saturated heterocycles. The Bertz CT molecular complexity index is 998. The fourth-order valence-electron chi connectivity index (χ4n) is 2.49. The Labute approximate surface area is 155 Å². The quantitative estimate of drug-likeness (QED) is 0.581. The van der Waals surface area contributed by atoms with E-state index in [1.807, 2.05) is 0 Å². The predicted molar refractivity (Wildman–Crippen MR) is 89.7 cm³/mol. The molecule has 4 nitrogen and oxygen atoms in total. The number of halogens is 6. The van der Waals surface area contributed by atoms with Crippen LogP contribution in [0.3, 0.4) is 0 Å². The molecule has 0 aliphatic carbocycles. The zero-order valence-electron chi connectivity index (χ0n) is 14.2. The molecular formula is C18H12F6N4. The second kappa shape index (κ2) is 7.10. The first kappa shape index (κ1) is 19.6. The maximum atomic E-state index is 12.9. The van der Waals surface area contributed by atoms with E-state index in [4.69, 9.17) is 0 Å². The summed E-state index contributed by atoms with van der Waals surface area (Å²) in [4.78, 5) is 10.5. The fourth-order valence-corrected chi connectivity index (χ4v) is 2.49. The largest absolute Gasteiger partial charge is 0.433 e. The zero-order valence-corrected chi connectivity index (χ0v) is 14.2. The van der Waals surface area contributed by atoms with Gasteiger partial charge in [0.15, 0.2) is 0 Å². The van der Waals surface area contributed by atoms with Gasteiger partial charge in [0.2, 0.25) is 5.95 Å². The highest BCUT2D eigenvalue weighted by molar-refractivity contribution is 5.71. The van der Waals surface area contributed by atoms with Crippen LogP contribution < -0.4 is 5.32 Å². The number of aryl methyl sites for hydroxylation is 1. The molecule has 0 amide bonds. The first-order valence-electron chi connectivity index (χ1n) is 7.85. The Morgan fingerprint density at radius 3 is 2.11 bits per heavy atom. The lowest BCUT2D eigenvalue weighted by atomic mass is 10.0. The number of aromatic nitrogens is 3. The van der Waals surface area contributed by atoms with Crippen LogP contribution in [0.4, 0.5) is 38.0 Å². The van der Waals surface area contributed by atoms with E-state index in [0.717, 1.165) is 24.5 Å². The molecule has 0 spiro atoms. The first-order chi connectivity index (χ1) is 13.0. The number of benzene rings is 1. The van der Waals surface area contributed by atoms with Gasteiger partial charge in [0.1, 0.15) is 11.4 Å². The molecule has 2 heterocycles. The minimum absolute atomic E-state index is 0.263. The van der Waals surface area contributed by atoms with Gasteiger partial charge in [0.05, 0.1) is 0 Å². The van der Waals surface area contributed by atoms with E-state index in [9.17, 15) is 26.3 Å². The molecule has 0 atom stereocenters. The summed E-state index contributed by atoms with van der Waals surface area (Å²) in [6, 6.07) is 7.80. The van der Waals surface area contributed by atoms with E-state index in [-0.39, 0.29) is 11.5 Å². The molecule has 0 radical (unpaired) electrons. The monoisotopic (exact) mass is 398 g/mol. The molecule has 0 saturated carbocycles. The topological polar surface area (TPSA) is 50.7 Å². The molecular weight excluding hydrogens is 386 g/mol. The number of hydrogen-bond acceptors (Lipinski definition) is 4. The molecule has 146 valence electrons. The van der Waals surface area contributed by atoms with Crippen molar-refractivity contribution in [1.29, 1.82) is 0 Å². The second-order valence-electron chi connectivity index (χ2n) is 5.90. The van der Waals surface area contributed by atoms with Gasteiger partial charge in [-0.3, -0.25) is 4.98 Å². The number of nitrogens with one attached hydrogen (secondary N) is 1. The molecule has 1 N–H and O–H groups in total. The summed E-state index contributed by atoms with van der Waals surface area (Å²) in [5, 5.41) is 2.65. The minimum atomic E-state index is -4.62. The molecule has 0 aliphatic rings. The highest BCUT2D eigenvalue weighted by Crippen LogP contribution is 2.32. The standard InChI is InChI=1S/C18H12F6N4/c1-10-6-12(11-2-4-25-15(9-11)18(22,23)24)8-13(7-10)27-16-26-5-3-14(28-16)17(19,20)21/h2-9H,1H3,(H,26,27,28). The number of rotatable bonds is 3. The van der Waals surface area contributed by atoms with Crippen LogP contribution in [0.1, 0.15) is 17.0 Å². The normalized spacial score (nSPS) is 12.1. The maximum Gasteiger partial charge on any atom is 0.433 e. The van der Waals surface area contributed by atoms with Gasteiger partial charge in [-0.2, -0.15) is 26.3 Å². The second-order valence-corrected chi connectivity index (χ2v) is 5.90. The Hall–Kier alpha value is -3.17. The average molecular weight is 398 g/mol. The van der Waals surface area contributed by atoms with Crippen LogP contribution in [0.15, 0.2) is 48.8 Å². The Morgan fingerprint density at radius 1 is 0.750 bits per heavy atom. The smallest absolute Gasteiger partial charge is 0.324 e. The number of hydrogen-bond donors (Lipinski definition) is 1. The third-order valence-corrected chi connectivity index (χ3v) is 3.66. The molecule has 3 rings (SSSR count). The maximum absolute atomic E-state index is 12.9. The van der Waals surface area contributed by atoms with Gasteiger partial charge in [0.25, 0.3) is 0 Å². The van der Waals surface area contributed by atoms with Crippen LogP contribution in [-0.4, -0.2) is 15.0 Å². The van der Waals surface area contributed by atoms with Crippen LogP contribution in [-0.2, 0) is 12.4 Å². The van der Waals surface area contributed by atoms with Gasteiger partial charge in [-0.25, -0.2) is 9.97 Å². The molecule has 0 aliphatic heterocycles. The number of alkyl halides is 6. The van der Waals surface area contributed by atoms with Gasteiger partial charge in [-0.05, 0) is 53.9 Å². The molecule has 1 aromatic carbocycles. The number of anilines is 2. The highest BCUT2D eigenvalue weighted by Gasteiger charge is 2.33. The zero-order chi connectivity index (χ0) is 20.5. The molecule has 10 heteroatoms. The highest BCUT2D eigenvalue weighted by atomic mass is 19.4. The van der Waals surface area contributed by atoms with Crippen molar-refractivity contribution in [2.75, 3.05) is 5.32 Å². The molecule has 0 bridgehead atoms. The van der Waals surface area contributed by atoms with E-state index in [1.165, 1.54) is 12.1 Å². The predicted octanol–water partition coefficient (Wildman–Crippen LogP) is 5.63. The lowest BCUT2D eigenvalue weighted by Crippen LogP contribution is -2.10. The summed E-state index contributed by atoms with van der Waals surface area (Å²) in [5.41, 5.74) is -0.442. The van der Waals surface area contributed by atoms with Crippen molar-refractivity contribution in [3.8, 4) is 11.1 Å². The molecule has 0 unspecified atom stereocenters. The summed E-state index contributed by atoms with van der Waals surface area (Å²) in [7, 11) is 0. The van der Waals surface area contributed by atoms with Crippen molar-refractivity contribution in [3.05, 3.63) is 65.7 Å². The van der Waals surface area contributed by atoms with Crippen molar-refractivity contribution in [1.82, 2.24) is 15.0 Å². The summed E-state index contributed by atoms with van der Waals surface area (Å²) in [6.07, 6.45) is -7.20. The van der Waals surface area contributed by atoms with Crippen LogP contribution in [0.5, 0.6) is 0 Å². The fraction of sp³-hybridized carbons (Fsp3) is 0.167. The van der Waals surface area contributed by atoms with E-state index in [2.05, 4.69) is 20.3 Å². The van der Waals surface area contributed by atoms with E-state index in [0.29, 0.717) is 16.8 Å². The number of pyridine rings is 1. The van der Waals surface area contributed by atoms with Gasteiger partial charge in [-0.1, -0.05) is 6.07 Å². The SMILES string of the molecule is Cc1cc(Nc2nccc(C(F)(F)F)n2)cc(-c2ccnc(C(F)(F)F)c2)c1. The average Bonchev–Trinajstić information content (AvgIpc) is 2.60. The summed E-state index contributed by atoms with van der Waals surface area (Å²) >= 11 is 0. The van der Waals surface area contributed by atoms with Crippen LogP contribution >= 0.6 is 0 Å². The molecule has 0 fully saturated rings. The molecule has 2 aromatic heterocycles. The Kier molecular flexibility index (Phi) is 4.97. The van der Waals surface area contributed by atoms with E-state index >= 15 is 0 Å². The van der Waals surface area contributed by atoms with Gasteiger partial charge in [-0.15, -0.1) is 0 Å². The van der Waals surface area contributed by atoms with Gasteiger partial charge < -0.3 is 5.32 Å². The van der Waals surface area contributed by atoms with E-state index in [1.54, 1.807) is 19.1 Å². The first-order valence-corrected chi connectivity index (χ1v) is 7.85. The molecule has 3 aromatic rings. The lowest BCUT2D eigenvalue weighted by Gasteiger charge is -2.12.